The fourth-order valence-electron chi connectivity index (χ4n) is 0.758. The van der Waals surface area contributed by atoms with Crippen LogP contribution in [0.2, 0.25) is 0 Å². The molecule has 3 N–H and O–H groups in total. The van der Waals surface area contributed by atoms with Crippen LogP contribution in [0.1, 0.15) is 27.7 Å². The highest BCUT2D eigenvalue weighted by atomic mass is 16.3. The molecule has 0 radical (unpaired) electrons. The maximum Gasteiger partial charge on any atom is 0.234 e. The Hall–Kier alpha value is -0.610. The van der Waals surface area contributed by atoms with Gasteiger partial charge in [0.05, 0.1) is 18.7 Å². The molecule has 0 aromatic carbocycles. The first kappa shape index (κ1) is 12.4. The molecular formula is C9H20N2O2. The lowest BCUT2D eigenvalue weighted by molar-refractivity contribution is -0.122. The summed E-state index contributed by atoms with van der Waals surface area (Å²) in [7, 11) is 0. The third kappa shape index (κ3) is 6.54. The monoisotopic (exact) mass is 188 g/mol. The standard InChI is InChI=1S/C9H20N2O2/c1-7(2)10-5-8(13)11-9(3,4)6-12/h7,10,12H,5-6H2,1-4H3,(H,11,13). The van der Waals surface area contributed by atoms with Crippen LogP contribution in [-0.2, 0) is 4.79 Å². The number of hydrogen-bond acceptors (Lipinski definition) is 3. The molecule has 0 aliphatic rings. The van der Waals surface area contributed by atoms with Crippen molar-refractivity contribution < 1.29 is 9.90 Å². The van der Waals surface area contributed by atoms with E-state index in [0.29, 0.717) is 12.6 Å². The predicted molar refractivity (Wildman–Crippen MR) is 52.4 cm³/mol. The third-order valence-electron chi connectivity index (χ3n) is 1.54. The number of rotatable bonds is 5. The van der Waals surface area contributed by atoms with E-state index in [1.165, 1.54) is 0 Å². The number of amides is 1. The number of carbonyl (C=O) groups is 1. The van der Waals surface area contributed by atoms with Gasteiger partial charge in [-0.3, -0.25) is 4.79 Å². The van der Waals surface area contributed by atoms with Crippen LogP contribution in [0.25, 0.3) is 0 Å². The van der Waals surface area contributed by atoms with Gasteiger partial charge in [-0.2, -0.15) is 0 Å². The Morgan fingerprint density at radius 1 is 1.46 bits per heavy atom. The Balaban J connectivity index is 3.74. The first-order chi connectivity index (χ1) is 5.87. The van der Waals surface area contributed by atoms with E-state index in [1.54, 1.807) is 13.8 Å². The van der Waals surface area contributed by atoms with Crippen molar-refractivity contribution in [3.8, 4) is 0 Å². The van der Waals surface area contributed by atoms with Gasteiger partial charge in [-0.05, 0) is 13.8 Å². The zero-order chi connectivity index (χ0) is 10.5. The predicted octanol–water partition coefficient (Wildman–Crippen LogP) is -0.128. The van der Waals surface area contributed by atoms with Gasteiger partial charge < -0.3 is 15.7 Å². The molecule has 0 atom stereocenters. The number of carbonyl (C=O) groups excluding carboxylic acids is 1. The van der Waals surface area contributed by atoms with Gasteiger partial charge in [0.2, 0.25) is 5.91 Å². The quantitative estimate of drug-likeness (QED) is 0.563. The molecule has 0 fully saturated rings. The molecule has 0 bridgehead atoms. The van der Waals surface area contributed by atoms with Gasteiger partial charge in [-0.1, -0.05) is 13.8 Å². The molecule has 0 saturated heterocycles. The van der Waals surface area contributed by atoms with Gasteiger partial charge in [0.25, 0.3) is 0 Å². The van der Waals surface area contributed by atoms with E-state index >= 15 is 0 Å². The Bertz CT molecular complexity index is 167. The van der Waals surface area contributed by atoms with Crippen LogP contribution in [0.3, 0.4) is 0 Å². The topological polar surface area (TPSA) is 61.4 Å². The van der Waals surface area contributed by atoms with E-state index in [2.05, 4.69) is 10.6 Å². The van der Waals surface area contributed by atoms with Gasteiger partial charge >= 0.3 is 0 Å². The molecule has 0 heterocycles. The maximum atomic E-state index is 11.2. The highest BCUT2D eigenvalue weighted by molar-refractivity contribution is 5.78. The van der Waals surface area contributed by atoms with Crippen LogP contribution in [0.4, 0.5) is 0 Å². The van der Waals surface area contributed by atoms with Crippen LogP contribution >= 0.6 is 0 Å². The molecule has 0 aromatic heterocycles. The fourth-order valence-corrected chi connectivity index (χ4v) is 0.758. The number of nitrogens with one attached hydrogen (secondary N) is 2. The van der Waals surface area contributed by atoms with Crippen molar-refractivity contribution in [3.63, 3.8) is 0 Å². The summed E-state index contributed by atoms with van der Waals surface area (Å²) in [5, 5.41) is 14.6. The second kappa shape index (κ2) is 5.19. The maximum absolute atomic E-state index is 11.2. The van der Waals surface area contributed by atoms with Crippen molar-refractivity contribution in [2.75, 3.05) is 13.2 Å². The van der Waals surface area contributed by atoms with E-state index in [4.69, 9.17) is 5.11 Å². The molecule has 0 aliphatic heterocycles. The van der Waals surface area contributed by atoms with Crippen molar-refractivity contribution in [3.05, 3.63) is 0 Å². The van der Waals surface area contributed by atoms with Gasteiger partial charge in [0.1, 0.15) is 0 Å². The Morgan fingerprint density at radius 3 is 2.38 bits per heavy atom. The minimum atomic E-state index is -0.532. The van der Waals surface area contributed by atoms with Gasteiger partial charge in [0.15, 0.2) is 0 Å². The highest BCUT2D eigenvalue weighted by Gasteiger charge is 2.18. The molecule has 0 aromatic rings. The van der Waals surface area contributed by atoms with Gasteiger partial charge in [-0.15, -0.1) is 0 Å². The van der Waals surface area contributed by atoms with Crippen LogP contribution in [-0.4, -0.2) is 35.7 Å². The summed E-state index contributed by atoms with van der Waals surface area (Å²) in [6.45, 7) is 7.75. The lowest BCUT2D eigenvalue weighted by Crippen LogP contribution is -2.49. The summed E-state index contributed by atoms with van der Waals surface area (Å²) in [6.07, 6.45) is 0. The first-order valence-electron chi connectivity index (χ1n) is 4.52. The molecule has 78 valence electrons. The average Bonchev–Trinajstić information content (AvgIpc) is 2.00. The lowest BCUT2D eigenvalue weighted by Gasteiger charge is -2.23. The zero-order valence-corrected chi connectivity index (χ0v) is 8.85. The van der Waals surface area contributed by atoms with Crippen molar-refractivity contribution in [2.45, 2.75) is 39.3 Å². The Kier molecular flexibility index (Phi) is 4.95. The van der Waals surface area contributed by atoms with E-state index < -0.39 is 5.54 Å². The van der Waals surface area contributed by atoms with E-state index in [0.717, 1.165) is 0 Å². The van der Waals surface area contributed by atoms with Gasteiger partial charge in [-0.25, -0.2) is 0 Å². The Labute approximate surface area is 79.7 Å². The molecule has 0 rings (SSSR count). The summed E-state index contributed by atoms with van der Waals surface area (Å²) in [6, 6.07) is 0.294. The average molecular weight is 188 g/mol. The summed E-state index contributed by atoms with van der Waals surface area (Å²) in [5.74, 6) is -0.0900. The SMILES string of the molecule is CC(C)NCC(=O)NC(C)(C)CO. The van der Waals surface area contributed by atoms with Crippen molar-refractivity contribution >= 4 is 5.91 Å². The smallest absolute Gasteiger partial charge is 0.234 e. The molecule has 0 aliphatic carbocycles. The van der Waals surface area contributed by atoms with Crippen LogP contribution < -0.4 is 10.6 Å². The molecule has 0 unspecified atom stereocenters. The molecule has 4 heteroatoms. The summed E-state index contributed by atoms with van der Waals surface area (Å²) in [5.41, 5.74) is -0.532. The minimum absolute atomic E-state index is 0.0551. The van der Waals surface area contributed by atoms with Crippen LogP contribution in [0.5, 0.6) is 0 Å². The highest BCUT2D eigenvalue weighted by Crippen LogP contribution is 1.98. The fraction of sp³-hybridized carbons (Fsp3) is 0.889. The van der Waals surface area contributed by atoms with Crippen molar-refractivity contribution in [1.29, 1.82) is 0 Å². The first-order valence-corrected chi connectivity index (χ1v) is 4.52. The summed E-state index contributed by atoms with van der Waals surface area (Å²) >= 11 is 0. The van der Waals surface area contributed by atoms with Gasteiger partial charge in [0, 0.05) is 6.04 Å². The van der Waals surface area contributed by atoms with E-state index in [-0.39, 0.29) is 12.5 Å². The van der Waals surface area contributed by atoms with Crippen molar-refractivity contribution in [2.24, 2.45) is 0 Å². The third-order valence-corrected chi connectivity index (χ3v) is 1.54. The number of hydrogen-bond donors (Lipinski definition) is 3. The van der Waals surface area contributed by atoms with Crippen LogP contribution in [0.15, 0.2) is 0 Å². The van der Waals surface area contributed by atoms with E-state index in [1.807, 2.05) is 13.8 Å². The number of aliphatic hydroxyl groups is 1. The molecular weight excluding hydrogens is 168 g/mol. The van der Waals surface area contributed by atoms with Crippen molar-refractivity contribution in [1.82, 2.24) is 10.6 Å². The Morgan fingerprint density at radius 2 is 2.00 bits per heavy atom. The largest absolute Gasteiger partial charge is 0.394 e. The second-order valence-electron chi connectivity index (χ2n) is 4.13. The molecule has 0 saturated carbocycles. The van der Waals surface area contributed by atoms with E-state index in [9.17, 15) is 4.79 Å². The summed E-state index contributed by atoms with van der Waals surface area (Å²) < 4.78 is 0. The van der Waals surface area contributed by atoms with Crippen LogP contribution in [0, 0.1) is 0 Å². The molecule has 0 spiro atoms. The summed E-state index contributed by atoms with van der Waals surface area (Å²) in [4.78, 5) is 11.2. The normalized spacial score (nSPS) is 11.8. The second-order valence-corrected chi connectivity index (χ2v) is 4.13. The molecule has 13 heavy (non-hydrogen) atoms. The lowest BCUT2D eigenvalue weighted by atomic mass is 10.1. The zero-order valence-electron chi connectivity index (χ0n) is 8.85. The molecule has 1 amide bonds. The molecule has 4 nitrogen and oxygen atoms in total. The minimum Gasteiger partial charge on any atom is -0.394 e. The number of aliphatic hydroxyl groups excluding tert-OH is 1.